The number of nitrogens with one attached hydrogen (secondary N) is 1. The molecule has 2 aromatic carbocycles. The molecule has 0 radical (unpaired) electrons. The summed E-state index contributed by atoms with van der Waals surface area (Å²) in [6, 6.07) is 22.0. The maximum atomic E-state index is 12.3. The molecule has 0 bridgehead atoms. The third-order valence-electron chi connectivity index (χ3n) is 4.41. The molecule has 0 fully saturated rings. The largest absolute Gasteiger partial charge is 0.459 e. The van der Waals surface area contributed by atoms with Crippen molar-refractivity contribution in [3.05, 3.63) is 83.6 Å². The average Bonchev–Trinajstić information content (AvgIpc) is 3.40. The second-order valence-electron chi connectivity index (χ2n) is 6.42. The number of nitrogens with zero attached hydrogens (tertiary/aromatic N) is 1. The Hall–Kier alpha value is -3.18. The minimum absolute atomic E-state index is 0.279. The van der Waals surface area contributed by atoms with Crippen LogP contribution in [0.5, 0.6) is 0 Å². The number of aromatic nitrogens is 1. The van der Waals surface area contributed by atoms with Gasteiger partial charge in [0.15, 0.2) is 10.9 Å². The Morgan fingerprint density at radius 3 is 2.36 bits per heavy atom. The fraction of sp³-hybridized carbons (Fsp3) is 0.130. The minimum atomic E-state index is -0.284. The van der Waals surface area contributed by atoms with Gasteiger partial charge in [0.25, 0.3) is 5.91 Å². The summed E-state index contributed by atoms with van der Waals surface area (Å²) >= 11 is 1.52. The van der Waals surface area contributed by atoms with Crippen LogP contribution in [0.2, 0.25) is 0 Å². The van der Waals surface area contributed by atoms with E-state index >= 15 is 0 Å². The molecular weight excluding hydrogens is 368 g/mol. The van der Waals surface area contributed by atoms with E-state index in [1.165, 1.54) is 33.6 Å². The summed E-state index contributed by atoms with van der Waals surface area (Å²) in [5, 5.41) is 3.44. The molecule has 1 N–H and O–H groups in total. The smallest absolute Gasteiger partial charge is 0.293 e. The molecule has 1 amide bonds. The van der Waals surface area contributed by atoms with Gasteiger partial charge in [0.1, 0.15) is 0 Å². The number of aryl methyl sites for hydroxylation is 1. The predicted octanol–water partition coefficient (Wildman–Crippen LogP) is 6.27. The standard InChI is InChI=1S/C23H20N2O2S/c1-2-7-20-21(24-23(28-20)25-22(26)19-10-6-15-27-19)18-13-11-17(12-14-18)16-8-4-3-5-9-16/h3-6,8-15H,2,7H2,1H3,(H,24,25,26). The van der Waals surface area contributed by atoms with Crippen LogP contribution in [0.3, 0.4) is 0 Å². The summed E-state index contributed by atoms with van der Waals surface area (Å²) in [4.78, 5) is 18.1. The lowest BCUT2D eigenvalue weighted by atomic mass is 10.0. The highest BCUT2D eigenvalue weighted by molar-refractivity contribution is 7.16. The van der Waals surface area contributed by atoms with Crippen LogP contribution in [0, 0.1) is 0 Å². The average molecular weight is 388 g/mol. The van der Waals surface area contributed by atoms with E-state index in [1.807, 2.05) is 18.2 Å². The molecule has 2 aromatic heterocycles. The summed E-state index contributed by atoms with van der Waals surface area (Å²) in [5.74, 6) is -0.00576. The molecule has 0 saturated heterocycles. The van der Waals surface area contributed by atoms with Gasteiger partial charge in [-0.25, -0.2) is 4.98 Å². The van der Waals surface area contributed by atoms with Gasteiger partial charge in [0.05, 0.1) is 12.0 Å². The molecule has 0 unspecified atom stereocenters. The summed E-state index contributed by atoms with van der Waals surface area (Å²) < 4.78 is 5.16. The van der Waals surface area contributed by atoms with Gasteiger partial charge >= 0.3 is 0 Å². The van der Waals surface area contributed by atoms with E-state index in [0.717, 1.165) is 24.1 Å². The van der Waals surface area contributed by atoms with Crippen LogP contribution in [-0.2, 0) is 6.42 Å². The van der Waals surface area contributed by atoms with Crippen molar-refractivity contribution in [3.8, 4) is 22.4 Å². The number of amides is 1. The van der Waals surface area contributed by atoms with Crippen molar-refractivity contribution >= 4 is 22.4 Å². The van der Waals surface area contributed by atoms with Crippen molar-refractivity contribution in [1.82, 2.24) is 4.98 Å². The fourth-order valence-electron chi connectivity index (χ4n) is 3.04. The van der Waals surface area contributed by atoms with Crippen molar-refractivity contribution in [2.75, 3.05) is 5.32 Å². The number of furan rings is 1. The fourth-order valence-corrected chi connectivity index (χ4v) is 4.13. The van der Waals surface area contributed by atoms with Crippen LogP contribution in [0.15, 0.2) is 77.4 Å². The minimum Gasteiger partial charge on any atom is -0.459 e. The molecule has 5 heteroatoms. The molecular formula is C23H20N2O2S. The Kier molecular flexibility index (Phi) is 5.35. The summed E-state index contributed by atoms with van der Waals surface area (Å²) in [6.45, 7) is 2.14. The molecule has 0 atom stereocenters. The van der Waals surface area contributed by atoms with Crippen molar-refractivity contribution in [2.45, 2.75) is 19.8 Å². The van der Waals surface area contributed by atoms with Gasteiger partial charge in [-0.05, 0) is 29.7 Å². The molecule has 4 rings (SSSR count). The Morgan fingerprint density at radius 2 is 1.68 bits per heavy atom. The van der Waals surface area contributed by atoms with Gasteiger partial charge in [0, 0.05) is 10.4 Å². The van der Waals surface area contributed by atoms with Gasteiger partial charge < -0.3 is 4.42 Å². The Bertz CT molecular complexity index is 1050. The number of rotatable bonds is 6. The quantitative estimate of drug-likeness (QED) is 0.423. The highest BCUT2D eigenvalue weighted by Crippen LogP contribution is 2.33. The highest BCUT2D eigenvalue weighted by Gasteiger charge is 2.16. The lowest BCUT2D eigenvalue weighted by Gasteiger charge is -2.04. The van der Waals surface area contributed by atoms with Crippen LogP contribution in [0.4, 0.5) is 5.13 Å². The van der Waals surface area contributed by atoms with Crippen LogP contribution in [0.25, 0.3) is 22.4 Å². The molecule has 0 saturated carbocycles. The number of anilines is 1. The van der Waals surface area contributed by atoms with Gasteiger partial charge in [-0.1, -0.05) is 67.9 Å². The molecule has 4 aromatic rings. The number of hydrogen-bond donors (Lipinski definition) is 1. The Morgan fingerprint density at radius 1 is 0.964 bits per heavy atom. The van der Waals surface area contributed by atoms with Crippen molar-refractivity contribution < 1.29 is 9.21 Å². The maximum Gasteiger partial charge on any atom is 0.293 e. The molecule has 28 heavy (non-hydrogen) atoms. The number of carbonyl (C=O) groups is 1. The molecule has 0 aliphatic rings. The van der Waals surface area contributed by atoms with E-state index in [-0.39, 0.29) is 11.7 Å². The first-order valence-electron chi connectivity index (χ1n) is 9.25. The van der Waals surface area contributed by atoms with Gasteiger partial charge in [0.2, 0.25) is 0 Å². The van der Waals surface area contributed by atoms with E-state index in [1.54, 1.807) is 12.1 Å². The van der Waals surface area contributed by atoms with E-state index in [9.17, 15) is 4.79 Å². The molecule has 2 heterocycles. The second kappa shape index (κ2) is 8.23. The van der Waals surface area contributed by atoms with Crippen LogP contribution in [-0.4, -0.2) is 10.9 Å². The van der Waals surface area contributed by atoms with Crippen LogP contribution < -0.4 is 5.32 Å². The lowest BCUT2D eigenvalue weighted by Crippen LogP contribution is -2.10. The maximum absolute atomic E-state index is 12.3. The first kappa shape index (κ1) is 18.2. The molecule has 140 valence electrons. The van der Waals surface area contributed by atoms with E-state index in [2.05, 4.69) is 48.6 Å². The third-order valence-corrected chi connectivity index (χ3v) is 5.44. The van der Waals surface area contributed by atoms with Gasteiger partial charge in [-0.3, -0.25) is 10.1 Å². The van der Waals surface area contributed by atoms with Gasteiger partial charge in [-0.15, -0.1) is 11.3 Å². The van der Waals surface area contributed by atoms with E-state index < -0.39 is 0 Å². The zero-order chi connectivity index (χ0) is 19.3. The zero-order valence-corrected chi connectivity index (χ0v) is 16.3. The van der Waals surface area contributed by atoms with Crippen molar-refractivity contribution in [1.29, 1.82) is 0 Å². The molecule has 4 nitrogen and oxygen atoms in total. The number of hydrogen-bond acceptors (Lipinski definition) is 4. The molecule has 0 spiro atoms. The number of carbonyl (C=O) groups excluding carboxylic acids is 1. The van der Waals surface area contributed by atoms with Crippen LogP contribution in [0.1, 0.15) is 28.8 Å². The van der Waals surface area contributed by atoms with Gasteiger partial charge in [-0.2, -0.15) is 0 Å². The Balaban J connectivity index is 1.61. The summed E-state index contributed by atoms with van der Waals surface area (Å²) in [7, 11) is 0. The third kappa shape index (κ3) is 3.89. The SMILES string of the molecule is CCCc1sc(NC(=O)c2ccco2)nc1-c1ccc(-c2ccccc2)cc1. The predicted molar refractivity (Wildman–Crippen MR) is 114 cm³/mol. The second-order valence-corrected chi connectivity index (χ2v) is 7.50. The highest BCUT2D eigenvalue weighted by atomic mass is 32.1. The molecule has 0 aliphatic carbocycles. The lowest BCUT2D eigenvalue weighted by molar-refractivity contribution is 0.0996. The molecule has 0 aliphatic heterocycles. The normalized spacial score (nSPS) is 10.8. The first-order valence-corrected chi connectivity index (χ1v) is 10.1. The number of benzene rings is 2. The van der Waals surface area contributed by atoms with E-state index in [0.29, 0.717) is 5.13 Å². The summed E-state index contributed by atoms with van der Waals surface area (Å²) in [5.41, 5.74) is 4.34. The number of thiazole rings is 1. The first-order chi connectivity index (χ1) is 13.7. The topological polar surface area (TPSA) is 55.1 Å². The Labute approximate surface area is 167 Å². The summed E-state index contributed by atoms with van der Waals surface area (Å²) in [6.07, 6.45) is 3.42. The van der Waals surface area contributed by atoms with Crippen LogP contribution >= 0.6 is 11.3 Å². The zero-order valence-electron chi connectivity index (χ0n) is 15.5. The van der Waals surface area contributed by atoms with Crippen molar-refractivity contribution in [2.24, 2.45) is 0 Å². The van der Waals surface area contributed by atoms with E-state index in [4.69, 9.17) is 9.40 Å². The van der Waals surface area contributed by atoms with Crippen molar-refractivity contribution in [3.63, 3.8) is 0 Å². The monoisotopic (exact) mass is 388 g/mol.